The number of hydrogen-bond acceptors (Lipinski definition) is 5. The first-order valence-electron chi connectivity index (χ1n) is 7.09. The van der Waals surface area contributed by atoms with Crippen molar-refractivity contribution in [2.24, 2.45) is 5.10 Å². The van der Waals surface area contributed by atoms with E-state index in [0.717, 1.165) is 5.56 Å². The second-order valence-electron chi connectivity index (χ2n) is 4.82. The van der Waals surface area contributed by atoms with Crippen LogP contribution in [-0.4, -0.2) is 26.0 Å². The minimum Gasteiger partial charge on any atom is -0.496 e. The number of carbonyl (C=O) groups is 1. The Morgan fingerprint density at radius 2 is 2.04 bits per heavy atom. The van der Waals surface area contributed by atoms with Crippen LogP contribution in [0, 0.1) is 0 Å². The Hall–Kier alpha value is -2.86. The predicted molar refractivity (Wildman–Crippen MR) is 84.5 cm³/mol. The quantitative estimate of drug-likeness (QED) is 0.694. The summed E-state index contributed by atoms with van der Waals surface area (Å²) in [6.45, 7) is 0.0331. The van der Waals surface area contributed by atoms with Crippen molar-refractivity contribution in [1.82, 2.24) is 5.43 Å². The molecule has 0 saturated carbocycles. The number of amides is 1. The normalized spacial score (nSPS) is 16.5. The summed E-state index contributed by atoms with van der Waals surface area (Å²) < 4.78 is 16.0. The van der Waals surface area contributed by atoms with Gasteiger partial charge in [0.25, 0.3) is 5.91 Å². The van der Waals surface area contributed by atoms with Crippen LogP contribution in [0.25, 0.3) is 0 Å². The molecule has 2 aromatic carbocycles. The molecule has 1 aliphatic rings. The van der Waals surface area contributed by atoms with Gasteiger partial charge < -0.3 is 14.2 Å². The van der Waals surface area contributed by atoms with Gasteiger partial charge in [0.05, 0.1) is 13.3 Å². The highest BCUT2D eigenvalue weighted by atomic mass is 16.7. The SMILES string of the molecule is COc1ccccc1C=NNC(=O)[C@@H]1OCOc2ccccc21. The summed E-state index contributed by atoms with van der Waals surface area (Å²) in [6.07, 6.45) is 0.789. The Labute approximate surface area is 133 Å². The summed E-state index contributed by atoms with van der Waals surface area (Å²) in [5, 5.41) is 3.97. The van der Waals surface area contributed by atoms with Gasteiger partial charge in [0.1, 0.15) is 11.5 Å². The lowest BCUT2D eigenvalue weighted by molar-refractivity contribution is -0.142. The van der Waals surface area contributed by atoms with Gasteiger partial charge in [-0.25, -0.2) is 5.43 Å². The first kappa shape index (κ1) is 15.1. The topological polar surface area (TPSA) is 69.2 Å². The van der Waals surface area contributed by atoms with Crippen LogP contribution < -0.4 is 14.9 Å². The number of rotatable bonds is 4. The van der Waals surface area contributed by atoms with Gasteiger partial charge in [-0.2, -0.15) is 5.10 Å². The van der Waals surface area contributed by atoms with E-state index in [-0.39, 0.29) is 12.7 Å². The molecule has 1 amide bonds. The van der Waals surface area contributed by atoms with Gasteiger partial charge >= 0.3 is 0 Å². The van der Waals surface area contributed by atoms with Crippen LogP contribution in [0.1, 0.15) is 17.2 Å². The van der Waals surface area contributed by atoms with Crippen molar-refractivity contribution in [1.29, 1.82) is 0 Å². The average molecular weight is 312 g/mol. The zero-order valence-corrected chi connectivity index (χ0v) is 12.6. The average Bonchev–Trinajstić information content (AvgIpc) is 2.61. The van der Waals surface area contributed by atoms with Gasteiger partial charge in [0, 0.05) is 11.1 Å². The van der Waals surface area contributed by atoms with Gasteiger partial charge in [0.15, 0.2) is 12.9 Å². The summed E-state index contributed by atoms with van der Waals surface area (Å²) in [6, 6.07) is 14.7. The molecule has 1 aliphatic heterocycles. The van der Waals surface area contributed by atoms with E-state index in [1.165, 1.54) is 6.21 Å². The molecule has 0 aromatic heterocycles. The Bertz CT molecular complexity index is 730. The lowest BCUT2D eigenvalue weighted by atomic mass is 10.1. The molecule has 6 nitrogen and oxygen atoms in total. The number of carbonyl (C=O) groups excluding carboxylic acids is 1. The maximum absolute atomic E-state index is 12.3. The molecule has 23 heavy (non-hydrogen) atoms. The highest BCUT2D eigenvalue weighted by molar-refractivity contribution is 5.87. The smallest absolute Gasteiger partial charge is 0.274 e. The number of para-hydroxylation sites is 2. The number of hydrazone groups is 1. The highest BCUT2D eigenvalue weighted by Gasteiger charge is 2.28. The third-order valence-electron chi connectivity index (χ3n) is 3.41. The van der Waals surface area contributed by atoms with Crippen LogP contribution >= 0.6 is 0 Å². The van der Waals surface area contributed by atoms with Crippen molar-refractivity contribution < 1.29 is 19.0 Å². The fraction of sp³-hybridized carbons (Fsp3) is 0.176. The second-order valence-corrected chi connectivity index (χ2v) is 4.82. The van der Waals surface area contributed by atoms with Crippen LogP contribution in [0.3, 0.4) is 0 Å². The lowest BCUT2D eigenvalue weighted by Gasteiger charge is -2.24. The summed E-state index contributed by atoms with van der Waals surface area (Å²) in [7, 11) is 1.58. The van der Waals surface area contributed by atoms with Gasteiger partial charge in [-0.05, 0) is 18.2 Å². The van der Waals surface area contributed by atoms with Crippen molar-refractivity contribution in [2.75, 3.05) is 13.9 Å². The third-order valence-corrected chi connectivity index (χ3v) is 3.41. The monoisotopic (exact) mass is 312 g/mol. The molecular weight excluding hydrogens is 296 g/mol. The van der Waals surface area contributed by atoms with E-state index in [4.69, 9.17) is 14.2 Å². The lowest BCUT2D eigenvalue weighted by Crippen LogP contribution is -2.31. The maximum atomic E-state index is 12.3. The highest BCUT2D eigenvalue weighted by Crippen LogP contribution is 2.31. The molecule has 2 aromatic rings. The van der Waals surface area contributed by atoms with Gasteiger partial charge in [-0.1, -0.05) is 30.3 Å². The minimum atomic E-state index is -0.741. The van der Waals surface area contributed by atoms with Crippen LogP contribution in [-0.2, 0) is 9.53 Å². The molecule has 0 spiro atoms. The number of hydrogen-bond donors (Lipinski definition) is 1. The molecule has 1 atom stereocenters. The summed E-state index contributed by atoms with van der Waals surface area (Å²) >= 11 is 0. The van der Waals surface area contributed by atoms with Crippen LogP contribution in [0.2, 0.25) is 0 Å². The molecule has 0 saturated heterocycles. The van der Waals surface area contributed by atoms with Crippen LogP contribution in [0.5, 0.6) is 11.5 Å². The first-order valence-corrected chi connectivity index (χ1v) is 7.09. The van der Waals surface area contributed by atoms with E-state index in [2.05, 4.69) is 10.5 Å². The Morgan fingerprint density at radius 1 is 1.26 bits per heavy atom. The zero-order chi connectivity index (χ0) is 16.1. The Kier molecular flexibility index (Phi) is 4.54. The van der Waals surface area contributed by atoms with E-state index >= 15 is 0 Å². The van der Waals surface area contributed by atoms with Gasteiger partial charge in [-0.3, -0.25) is 4.79 Å². The van der Waals surface area contributed by atoms with Crippen LogP contribution in [0.4, 0.5) is 0 Å². The molecule has 0 radical (unpaired) electrons. The molecule has 3 rings (SSSR count). The van der Waals surface area contributed by atoms with Crippen molar-refractivity contribution >= 4 is 12.1 Å². The fourth-order valence-corrected chi connectivity index (χ4v) is 2.30. The van der Waals surface area contributed by atoms with Gasteiger partial charge in [-0.15, -0.1) is 0 Å². The molecule has 0 fully saturated rings. The molecular formula is C17H16N2O4. The van der Waals surface area contributed by atoms with E-state index in [0.29, 0.717) is 17.1 Å². The summed E-state index contributed by atoms with van der Waals surface area (Å²) in [4.78, 5) is 12.3. The number of methoxy groups -OCH3 is 1. The molecule has 0 unspecified atom stereocenters. The van der Waals surface area contributed by atoms with E-state index in [1.807, 2.05) is 36.4 Å². The molecule has 0 bridgehead atoms. The predicted octanol–water partition coefficient (Wildman–Crippen LogP) is 2.25. The fourth-order valence-electron chi connectivity index (χ4n) is 2.30. The third kappa shape index (κ3) is 3.32. The first-order chi connectivity index (χ1) is 11.3. The van der Waals surface area contributed by atoms with E-state index in [1.54, 1.807) is 19.2 Å². The maximum Gasteiger partial charge on any atom is 0.274 e. The van der Waals surface area contributed by atoms with Crippen molar-refractivity contribution in [3.05, 3.63) is 59.7 Å². The molecule has 6 heteroatoms. The minimum absolute atomic E-state index is 0.0331. The summed E-state index contributed by atoms with van der Waals surface area (Å²) in [5.74, 6) is 0.970. The van der Waals surface area contributed by atoms with Crippen molar-refractivity contribution in [3.63, 3.8) is 0 Å². The largest absolute Gasteiger partial charge is 0.496 e. The van der Waals surface area contributed by atoms with Crippen LogP contribution in [0.15, 0.2) is 53.6 Å². The summed E-state index contributed by atoms with van der Waals surface area (Å²) in [5.41, 5.74) is 3.94. The molecule has 118 valence electrons. The Morgan fingerprint density at radius 3 is 2.91 bits per heavy atom. The van der Waals surface area contributed by atoms with Crippen molar-refractivity contribution in [2.45, 2.75) is 6.10 Å². The molecule has 1 N–H and O–H groups in total. The van der Waals surface area contributed by atoms with E-state index in [9.17, 15) is 4.79 Å². The number of nitrogens with zero attached hydrogens (tertiary/aromatic N) is 1. The molecule has 1 heterocycles. The number of ether oxygens (including phenoxy) is 3. The zero-order valence-electron chi connectivity index (χ0n) is 12.6. The molecule has 0 aliphatic carbocycles. The van der Waals surface area contributed by atoms with Gasteiger partial charge in [0.2, 0.25) is 0 Å². The van der Waals surface area contributed by atoms with Crippen molar-refractivity contribution in [3.8, 4) is 11.5 Å². The Balaban J connectivity index is 1.70. The second kappa shape index (κ2) is 6.93. The number of nitrogens with one attached hydrogen (secondary N) is 1. The standard InChI is InChI=1S/C17H16N2O4/c1-21-14-8-4-2-6-12(14)10-18-19-17(20)16-13-7-3-5-9-15(13)22-11-23-16/h2-10,16H,11H2,1H3,(H,19,20)/t16-/m1/s1. The number of benzene rings is 2. The number of fused-ring (bicyclic) bond motifs is 1. The van der Waals surface area contributed by atoms with E-state index < -0.39 is 6.10 Å².